The van der Waals surface area contributed by atoms with Crippen molar-refractivity contribution in [3.63, 3.8) is 0 Å². The van der Waals surface area contributed by atoms with Crippen LogP contribution in [0.1, 0.15) is 48.9 Å². The van der Waals surface area contributed by atoms with Crippen molar-refractivity contribution in [1.29, 1.82) is 0 Å². The van der Waals surface area contributed by atoms with E-state index in [1.807, 2.05) is 4.90 Å². The second-order valence-corrected chi connectivity index (χ2v) is 6.56. The highest BCUT2D eigenvalue weighted by Crippen LogP contribution is 2.17. The molecule has 1 aliphatic heterocycles. The van der Waals surface area contributed by atoms with E-state index < -0.39 is 0 Å². The van der Waals surface area contributed by atoms with Crippen molar-refractivity contribution in [1.82, 2.24) is 20.2 Å². The van der Waals surface area contributed by atoms with E-state index in [0.29, 0.717) is 37.7 Å². The number of nitrogens with zero attached hydrogens (tertiary/aromatic N) is 4. The van der Waals surface area contributed by atoms with Crippen molar-refractivity contribution in [2.45, 2.75) is 44.6 Å². The molecule has 0 spiro atoms. The Hall–Kier alpha value is -2.18. The molecule has 7 nitrogen and oxygen atoms in total. The van der Waals surface area contributed by atoms with Crippen molar-refractivity contribution in [2.24, 2.45) is 0 Å². The van der Waals surface area contributed by atoms with Gasteiger partial charge in [-0.3, -0.25) is 9.59 Å². The highest BCUT2D eigenvalue weighted by molar-refractivity contribution is 5.93. The predicted molar refractivity (Wildman–Crippen MR) is 90.8 cm³/mol. The van der Waals surface area contributed by atoms with Crippen LogP contribution >= 0.6 is 0 Å². The molecule has 1 aromatic heterocycles. The van der Waals surface area contributed by atoms with Gasteiger partial charge in [-0.1, -0.05) is 25.7 Å². The van der Waals surface area contributed by atoms with Crippen LogP contribution in [-0.4, -0.2) is 59.4 Å². The second kappa shape index (κ2) is 8.08. The lowest BCUT2D eigenvalue weighted by atomic mass is 10.1. The van der Waals surface area contributed by atoms with Crippen molar-refractivity contribution < 1.29 is 9.59 Å². The zero-order valence-corrected chi connectivity index (χ0v) is 14.0. The van der Waals surface area contributed by atoms with E-state index in [-0.39, 0.29) is 11.9 Å². The molecule has 2 heterocycles. The standard InChI is InChI=1S/C17H25N5O2/c23-13-21-7-9-22(10-8-21)17-18-11-14(12-19-17)16(24)20-15-5-3-1-2-4-6-15/h11-13,15H,1-10H2,(H,20,24). The highest BCUT2D eigenvalue weighted by atomic mass is 16.1. The Morgan fingerprint density at radius 1 is 1.04 bits per heavy atom. The molecule has 2 fully saturated rings. The molecule has 1 aliphatic carbocycles. The summed E-state index contributed by atoms with van der Waals surface area (Å²) in [6, 6.07) is 0.274. The van der Waals surface area contributed by atoms with Crippen LogP contribution in [0, 0.1) is 0 Å². The number of hydrogen-bond donors (Lipinski definition) is 1. The monoisotopic (exact) mass is 331 g/mol. The molecule has 3 rings (SSSR count). The summed E-state index contributed by atoms with van der Waals surface area (Å²) in [4.78, 5) is 35.5. The van der Waals surface area contributed by atoms with E-state index >= 15 is 0 Å². The van der Waals surface area contributed by atoms with Gasteiger partial charge in [0, 0.05) is 44.6 Å². The van der Waals surface area contributed by atoms with Gasteiger partial charge in [0.05, 0.1) is 5.56 Å². The third-order valence-electron chi connectivity index (χ3n) is 4.84. The van der Waals surface area contributed by atoms with E-state index in [2.05, 4.69) is 15.3 Å². The van der Waals surface area contributed by atoms with Crippen LogP contribution in [0.3, 0.4) is 0 Å². The van der Waals surface area contributed by atoms with Crippen LogP contribution in [-0.2, 0) is 4.79 Å². The Kier molecular flexibility index (Phi) is 5.61. The maximum absolute atomic E-state index is 12.3. The number of carbonyl (C=O) groups excluding carboxylic acids is 2. The Morgan fingerprint density at radius 3 is 2.25 bits per heavy atom. The highest BCUT2D eigenvalue weighted by Gasteiger charge is 2.19. The zero-order valence-electron chi connectivity index (χ0n) is 14.0. The summed E-state index contributed by atoms with van der Waals surface area (Å²) in [6.07, 6.45) is 11.1. The van der Waals surface area contributed by atoms with Gasteiger partial charge in [0.25, 0.3) is 5.91 Å². The lowest BCUT2D eigenvalue weighted by Gasteiger charge is -2.32. The largest absolute Gasteiger partial charge is 0.349 e. The minimum atomic E-state index is -0.0841. The SMILES string of the molecule is O=CN1CCN(c2ncc(C(=O)NC3CCCCCC3)cn2)CC1. The predicted octanol–water partition coefficient (Wildman–Crippen LogP) is 1.21. The molecule has 0 atom stereocenters. The van der Waals surface area contributed by atoms with Gasteiger partial charge < -0.3 is 15.1 Å². The molecule has 1 saturated heterocycles. The molecule has 0 aromatic carbocycles. The molecule has 24 heavy (non-hydrogen) atoms. The van der Waals surface area contributed by atoms with Crippen LogP contribution in [0.2, 0.25) is 0 Å². The zero-order chi connectivity index (χ0) is 16.8. The van der Waals surface area contributed by atoms with Gasteiger partial charge in [-0.25, -0.2) is 9.97 Å². The second-order valence-electron chi connectivity index (χ2n) is 6.56. The summed E-state index contributed by atoms with van der Waals surface area (Å²) in [5.41, 5.74) is 0.509. The third-order valence-corrected chi connectivity index (χ3v) is 4.84. The molecule has 1 N–H and O–H groups in total. The number of rotatable bonds is 4. The number of piperazine rings is 1. The fourth-order valence-corrected chi connectivity index (χ4v) is 3.32. The van der Waals surface area contributed by atoms with Gasteiger partial charge in [0.15, 0.2) is 0 Å². The number of aromatic nitrogens is 2. The smallest absolute Gasteiger partial charge is 0.254 e. The minimum absolute atomic E-state index is 0.0841. The molecule has 130 valence electrons. The molecule has 1 aromatic rings. The van der Waals surface area contributed by atoms with E-state index in [9.17, 15) is 9.59 Å². The van der Waals surface area contributed by atoms with Crippen LogP contribution < -0.4 is 10.2 Å². The van der Waals surface area contributed by atoms with Gasteiger partial charge in [-0.15, -0.1) is 0 Å². The topological polar surface area (TPSA) is 78.4 Å². The van der Waals surface area contributed by atoms with Gasteiger partial charge in [0.1, 0.15) is 0 Å². The summed E-state index contributed by atoms with van der Waals surface area (Å²) < 4.78 is 0. The van der Waals surface area contributed by atoms with E-state index in [1.165, 1.54) is 25.7 Å². The van der Waals surface area contributed by atoms with Crippen molar-refractivity contribution in [3.05, 3.63) is 18.0 Å². The average molecular weight is 331 g/mol. The fourth-order valence-electron chi connectivity index (χ4n) is 3.32. The number of nitrogens with one attached hydrogen (secondary N) is 1. The van der Waals surface area contributed by atoms with Crippen LogP contribution in [0.15, 0.2) is 12.4 Å². The quantitative estimate of drug-likeness (QED) is 0.663. The van der Waals surface area contributed by atoms with Crippen LogP contribution in [0.5, 0.6) is 0 Å². The Morgan fingerprint density at radius 2 is 1.67 bits per heavy atom. The van der Waals surface area contributed by atoms with Crippen LogP contribution in [0.25, 0.3) is 0 Å². The molecule has 1 saturated carbocycles. The maximum Gasteiger partial charge on any atom is 0.254 e. The lowest BCUT2D eigenvalue weighted by Crippen LogP contribution is -2.46. The van der Waals surface area contributed by atoms with Gasteiger partial charge >= 0.3 is 0 Å². The summed E-state index contributed by atoms with van der Waals surface area (Å²) in [5.74, 6) is 0.533. The first-order valence-electron chi connectivity index (χ1n) is 8.83. The summed E-state index contributed by atoms with van der Waals surface area (Å²) >= 11 is 0. The lowest BCUT2D eigenvalue weighted by molar-refractivity contribution is -0.118. The van der Waals surface area contributed by atoms with E-state index in [1.54, 1.807) is 17.3 Å². The molecule has 7 heteroatoms. The fraction of sp³-hybridized carbons (Fsp3) is 0.647. The summed E-state index contributed by atoms with van der Waals surface area (Å²) in [5, 5.41) is 3.11. The number of amides is 2. The first kappa shape index (κ1) is 16.7. The number of carbonyl (C=O) groups is 2. The van der Waals surface area contributed by atoms with Gasteiger partial charge in [-0.2, -0.15) is 0 Å². The summed E-state index contributed by atoms with van der Waals surface area (Å²) in [6.45, 7) is 2.78. The van der Waals surface area contributed by atoms with Gasteiger partial charge in [-0.05, 0) is 12.8 Å². The molecular formula is C17H25N5O2. The molecule has 0 bridgehead atoms. The first-order valence-corrected chi connectivity index (χ1v) is 8.83. The molecule has 0 unspecified atom stereocenters. The van der Waals surface area contributed by atoms with Gasteiger partial charge in [0.2, 0.25) is 12.4 Å². The van der Waals surface area contributed by atoms with Crippen molar-refractivity contribution in [3.8, 4) is 0 Å². The molecule has 0 radical (unpaired) electrons. The molecular weight excluding hydrogens is 306 g/mol. The Balaban J connectivity index is 1.55. The summed E-state index contributed by atoms with van der Waals surface area (Å²) in [7, 11) is 0. The van der Waals surface area contributed by atoms with Crippen molar-refractivity contribution in [2.75, 3.05) is 31.1 Å². The molecule has 2 aliphatic rings. The molecule has 2 amide bonds. The maximum atomic E-state index is 12.3. The third kappa shape index (κ3) is 4.21. The number of anilines is 1. The van der Waals surface area contributed by atoms with Crippen molar-refractivity contribution >= 4 is 18.3 Å². The minimum Gasteiger partial charge on any atom is -0.349 e. The van der Waals surface area contributed by atoms with E-state index in [4.69, 9.17) is 0 Å². The first-order chi connectivity index (χ1) is 11.8. The number of hydrogen-bond acceptors (Lipinski definition) is 5. The Labute approximate surface area is 142 Å². The van der Waals surface area contributed by atoms with E-state index in [0.717, 1.165) is 19.3 Å². The normalized spacial score (nSPS) is 19.7. The average Bonchev–Trinajstić information content (AvgIpc) is 2.90. The van der Waals surface area contributed by atoms with Crippen LogP contribution in [0.4, 0.5) is 5.95 Å². The Bertz CT molecular complexity index is 547.